The van der Waals surface area contributed by atoms with Gasteiger partial charge in [-0.15, -0.1) is 11.3 Å². The predicted molar refractivity (Wildman–Crippen MR) is 125 cm³/mol. The van der Waals surface area contributed by atoms with Crippen LogP contribution in [0, 0.1) is 0 Å². The Morgan fingerprint density at radius 1 is 0.969 bits per heavy atom. The highest BCUT2D eigenvalue weighted by molar-refractivity contribution is 7.17. The predicted octanol–water partition coefficient (Wildman–Crippen LogP) is 2.49. The van der Waals surface area contributed by atoms with Crippen molar-refractivity contribution in [3.05, 3.63) is 53.2 Å². The number of H-pyrrole nitrogens is 1. The molecule has 0 aliphatic carbocycles. The van der Waals surface area contributed by atoms with Gasteiger partial charge in [0, 0.05) is 43.3 Å². The largest absolute Gasteiger partial charge is 0.360 e. The summed E-state index contributed by atoms with van der Waals surface area (Å²) in [6, 6.07) is 9.60. The molecule has 160 valence electrons. The van der Waals surface area contributed by atoms with Gasteiger partial charge in [-0.05, 0) is 24.6 Å². The Hall–Kier alpha value is -3.56. The van der Waals surface area contributed by atoms with Crippen LogP contribution in [-0.2, 0) is 9.59 Å². The summed E-state index contributed by atoms with van der Waals surface area (Å²) in [4.78, 5) is 43.2. The van der Waals surface area contributed by atoms with E-state index in [4.69, 9.17) is 9.97 Å². The number of para-hydroxylation sites is 1. The lowest BCUT2D eigenvalue weighted by atomic mass is 9.99. The number of amides is 2. The molecule has 0 spiro atoms. The Kier molecular flexibility index (Phi) is 4.34. The van der Waals surface area contributed by atoms with Crippen molar-refractivity contribution in [1.29, 1.82) is 0 Å². The summed E-state index contributed by atoms with van der Waals surface area (Å²) < 4.78 is 0.944. The third-order valence-electron chi connectivity index (χ3n) is 6.10. The van der Waals surface area contributed by atoms with E-state index < -0.39 is 11.8 Å². The molecule has 8 nitrogen and oxygen atoms in total. The second-order valence-corrected chi connectivity index (χ2v) is 8.99. The average molecular weight is 445 g/mol. The van der Waals surface area contributed by atoms with Crippen LogP contribution in [-0.4, -0.2) is 64.9 Å². The van der Waals surface area contributed by atoms with E-state index in [2.05, 4.69) is 27.1 Å². The van der Waals surface area contributed by atoms with Crippen LogP contribution in [0.3, 0.4) is 0 Å². The first-order valence-electron chi connectivity index (χ1n) is 10.5. The van der Waals surface area contributed by atoms with Crippen LogP contribution in [0.4, 0.5) is 5.95 Å². The number of rotatable bonds is 3. The van der Waals surface area contributed by atoms with Crippen molar-refractivity contribution in [2.75, 3.05) is 38.1 Å². The summed E-state index contributed by atoms with van der Waals surface area (Å²) in [6.45, 7) is 3.44. The van der Waals surface area contributed by atoms with Gasteiger partial charge in [0.1, 0.15) is 0 Å². The summed E-state index contributed by atoms with van der Waals surface area (Å²) in [6.07, 6.45) is 1.79. The van der Waals surface area contributed by atoms with Gasteiger partial charge in [0.05, 0.1) is 32.6 Å². The smallest absolute Gasteiger partial charge is 0.261 e. The molecule has 2 aliphatic heterocycles. The fourth-order valence-electron chi connectivity index (χ4n) is 4.37. The van der Waals surface area contributed by atoms with Crippen LogP contribution in [0.25, 0.3) is 32.3 Å². The average Bonchev–Trinajstić information content (AvgIpc) is 3.48. The highest BCUT2D eigenvalue weighted by Gasteiger charge is 2.36. The van der Waals surface area contributed by atoms with Crippen LogP contribution < -0.4 is 10.2 Å². The molecule has 32 heavy (non-hydrogen) atoms. The number of aromatic amines is 1. The maximum Gasteiger partial charge on any atom is 0.261 e. The number of anilines is 1. The van der Waals surface area contributed by atoms with Crippen molar-refractivity contribution in [2.45, 2.75) is 0 Å². The van der Waals surface area contributed by atoms with E-state index in [-0.39, 0.29) is 0 Å². The van der Waals surface area contributed by atoms with Crippen molar-refractivity contribution in [3.63, 3.8) is 0 Å². The standard InChI is InChI=1S/C23H20N6O2S/c1-28-7-9-29(10-8-28)23-25-15-5-3-2-4-13(15)19(26-23)18-17(21(30)27-22(18)31)14-12-24-16-6-11-32-20(14)16/h2-6,11-12,24H,7-10H2,1H3,(H,27,30,31). The number of likely N-dealkylation sites (N-methyl/N-ethyl adjacent to an activating group) is 1. The second-order valence-electron chi connectivity index (χ2n) is 8.08. The number of carbonyl (C=O) groups is 2. The van der Waals surface area contributed by atoms with Crippen molar-refractivity contribution in [2.24, 2.45) is 0 Å². The van der Waals surface area contributed by atoms with E-state index in [1.54, 1.807) is 6.20 Å². The molecule has 2 N–H and O–H groups in total. The highest BCUT2D eigenvalue weighted by Crippen LogP contribution is 2.38. The van der Waals surface area contributed by atoms with Gasteiger partial charge in [0.2, 0.25) is 5.95 Å². The molecule has 3 aromatic heterocycles. The van der Waals surface area contributed by atoms with Gasteiger partial charge >= 0.3 is 0 Å². The molecule has 1 aromatic carbocycles. The molecule has 2 amide bonds. The Labute approximate surface area is 187 Å². The van der Waals surface area contributed by atoms with Crippen molar-refractivity contribution in [3.8, 4) is 0 Å². The minimum Gasteiger partial charge on any atom is -0.360 e. The molecule has 9 heteroatoms. The van der Waals surface area contributed by atoms with E-state index in [0.717, 1.165) is 52.9 Å². The topological polar surface area (TPSA) is 94.2 Å². The van der Waals surface area contributed by atoms with Crippen LogP contribution in [0.5, 0.6) is 0 Å². The summed E-state index contributed by atoms with van der Waals surface area (Å²) >= 11 is 1.54. The number of aromatic nitrogens is 3. The quantitative estimate of drug-likeness (QED) is 0.472. The Morgan fingerprint density at radius 2 is 1.75 bits per heavy atom. The van der Waals surface area contributed by atoms with Gasteiger partial charge in [-0.3, -0.25) is 14.9 Å². The number of benzene rings is 1. The number of nitrogens with one attached hydrogen (secondary N) is 2. The third-order valence-corrected chi connectivity index (χ3v) is 7.04. The first kappa shape index (κ1) is 19.1. The number of hydrogen-bond acceptors (Lipinski definition) is 7. The number of nitrogens with zero attached hydrogens (tertiary/aromatic N) is 4. The minimum absolute atomic E-state index is 0.304. The Bertz CT molecular complexity index is 1430. The molecule has 1 fully saturated rings. The third kappa shape index (κ3) is 2.93. The monoisotopic (exact) mass is 444 g/mol. The zero-order chi connectivity index (χ0) is 21.8. The Balaban J connectivity index is 1.60. The summed E-state index contributed by atoms with van der Waals surface area (Å²) in [5, 5.41) is 5.20. The van der Waals surface area contributed by atoms with Crippen LogP contribution in [0.15, 0.2) is 41.9 Å². The molecule has 0 radical (unpaired) electrons. The molecule has 1 saturated heterocycles. The lowest BCUT2D eigenvalue weighted by molar-refractivity contribution is -0.122. The fraction of sp³-hybridized carbons (Fsp3) is 0.217. The first-order chi connectivity index (χ1) is 15.6. The molecule has 0 atom stereocenters. The van der Waals surface area contributed by atoms with E-state index >= 15 is 0 Å². The van der Waals surface area contributed by atoms with Crippen molar-refractivity contribution in [1.82, 2.24) is 25.2 Å². The summed E-state index contributed by atoms with van der Waals surface area (Å²) in [5.41, 5.74) is 3.57. The molecule has 0 unspecified atom stereocenters. The van der Waals surface area contributed by atoms with Crippen molar-refractivity contribution < 1.29 is 9.59 Å². The van der Waals surface area contributed by atoms with Gasteiger partial charge in [-0.2, -0.15) is 0 Å². The molecular formula is C23H20N6O2S. The first-order valence-corrected chi connectivity index (χ1v) is 11.3. The molecule has 2 aliphatic rings. The number of carbonyl (C=O) groups excluding carboxylic acids is 2. The molecule has 5 heterocycles. The zero-order valence-corrected chi connectivity index (χ0v) is 18.2. The summed E-state index contributed by atoms with van der Waals surface area (Å²) in [5.74, 6) is -0.242. The normalized spacial score (nSPS) is 17.7. The van der Waals surface area contributed by atoms with Crippen LogP contribution >= 0.6 is 11.3 Å². The zero-order valence-electron chi connectivity index (χ0n) is 17.4. The lowest BCUT2D eigenvalue weighted by Crippen LogP contribution is -2.45. The molecule has 0 bridgehead atoms. The number of imide groups is 1. The summed E-state index contributed by atoms with van der Waals surface area (Å²) in [7, 11) is 2.10. The SMILES string of the molecule is CN1CCN(c2nc(C3=C(c4c[nH]c5ccsc45)C(=O)NC3=O)c3ccccc3n2)CC1. The van der Waals surface area contributed by atoms with E-state index in [9.17, 15) is 9.59 Å². The van der Waals surface area contributed by atoms with Gasteiger partial charge in [-0.25, -0.2) is 9.97 Å². The molecular weight excluding hydrogens is 424 g/mol. The number of fused-ring (bicyclic) bond motifs is 2. The van der Waals surface area contributed by atoms with Gasteiger partial charge < -0.3 is 14.8 Å². The van der Waals surface area contributed by atoms with Crippen LogP contribution in [0.2, 0.25) is 0 Å². The Morgan fingerprint density at radius 3 is 2.59 bits per heavy atom. The highest BCUT2D eigenvalue weighted by atomic mass is 32.1. The van der Waals surface area contributed by atoms with Gasteiger partial charge in [-0.1, -0.05) is 18.2 Å². The maximum atomic E-state index is 13.1. The lowest BCUT2D eigenvalue weighted by Gasteiger charge is -2.32. The van der Waals surface area contributed by atoms with Gasteiger partial charge in [0.25, 0.3) is 11.8 Å². The van der Waals surface area contributed by atoms with E-state index in [1.807, 2.05) is 35.7 Å². The van der Waals surface area contributed by atoms with Crippen molar-refractivity contribution >= 4 is 61.4 Å². The second kappa shape index (κ2) is 7.25. The van der Waals surface area contributed by atoms with E-state index in [0.29, 0.717) is 22.8 Å². The molecule has 6 rings (SSSR count). The number of piperazine rings is 1. The molecule has 0 saturated carbocycles. The fourth-order valence-corrected chi connectivity index (χ4v) is 5.26. The maximum absolute atomic E-state index is 13.1. The number of hydrogen-bond donors (Lipinski definition) is 2. The van der Waals surface area contributed by atoms with Gasteiger partial charge in [0.15, 0.2) is 0 Å². The minimum atomic E-state index is -0.427. The van der Waals surface area contributed by atoms with Crippen LogP contribution in [0.1, 0.15) is 11.3 Å². The number of thiophene rings is 1. The molecule has 4 aromatic rings. The van der Waals surface area contributed by atoms with E-state index in [1.165, 1.54) is 11.3 Å².